The standard InChI is InChI=1S/C20H24FN5O2S/c21-16-7-3-5-14(11-16)12-22-18(28)15-6-4-9-25(13-15)19-23-24-20(29-19)26-10-2-1-8-17(26)27/h3,5,7,11,15H,1-2,4,6,8-10,12-13H2,(H,22,28). The minimum atomic E-state index is -0.306. The van der Waals surface area contributed by atoms with Gasteiger partial charge in [-0.2, -0.15) is 0 Å². The number of nitrogens with zero attached hydrogens (tertiary/aromatic N) is 4. The van der Waals surface area contributed by atoms with Crippen LogP contribution < -0.4 is 15.1 Å². The SMILES string of the molecule is O=C(NCc1cccc(F)c1)C1CCCN(c2nnc(N3CCCCC3=O)s2)C1. The predicted octanol–water partition coefficient (Wildman–Crippen LogP) is 2.73. The third-order valence-corrected chi connectivity index (χ3v) is 6.38. The maximum atomic E-state index is 13.3. The van der Waals surface area contributed by atoms with Gasteiger partial charge in [0.05, 0.1) is 5.92 Å². The Morgan fingerprint density at radius 3 is 2.90 bits per heavy atom. The molecule has 154 valence electrons. The first kappa shape index (κ1) is 19.8. The van der Waals surface area contributed by atoms with Gasteiger partial charge in [0, 0.05) is 32.6 Å². The number of benzene rings is 1. The minimum absolute atomic E-state index is 0.0325. The number of hydrogen-bond donors (Lipinski definition) is 1. The third kappa shape index (κ3) is 4.72. The predicted molar refractivity (Wildman–Crippen MR) is 109 cm³/mol. The van der Waals surface area contributed by atoms with Gasteiger partial charge in [-0.3, -0.25) is 14.5 Å². The average Bonchev–Trinajstić information content (AvgIpc) is 3.22. The van der Waals surface area contributed by atoms with E-state index in [-0.39, 0.29) is 23.5 Å². The summed E-state index contributed by atoms with van der Waals surface area (Å²) in [5, 5.41) is 12.8. The van der Waals surface area contributed by atoms with Gasteiger partial charge in [-0.1, -0.05) is 23.5 Å². The first-order valence-electron chi connectivity index (χ1n) is 10.0. The largest absolute Gasteiger partial charge is 0.352 e. The molecule has 2 aromatic rings. The molecular formula is C20H24FN5O2S. The molecule has 29 heavy (non-hydrogen) atoms. The zero-order valence-electron chi connectivity index (χ0n) is 16.1. The van der Waals surface area contributed by atoms with Gasteiger partial charge >= 0.3 is 0 Å². The Morgan fingerprint density at radius 1 is 1.21 bits per heavy atom. The van der Waals surface area contributed by atoms with Gasteiger partial charge in [0.25, 0.3) is 0 Å². The van der Waals surface area contributed by atoms with Crippen LogP contribution in [0.15, 0.2) is 24.3 Å². The normalized spacial score (nSPS) is 20.0. The summed E-state index contributed by atoms with van der Waals surface area (Å²) in [4.78, 5) is 28.5. The molecule has 0 aliphatic carbocycles. The lowest BCUT2D eigenvalue weighted by Gasteiger charge is -2.31. The van der Waals surface area contributed by atoms with E-state index in [2.05, 4.69) is 20.4 Å². The van der Waals surface area contributed by atoms with Crippen molar-refractivity contribution in [1.29, 1.82) is 0 Å². The number of anilines is 2. The fourth-order valence-electron chi connectivity index (χ4n) is 3.80. The first-order valence-corrected chi connectivity index (χ1v) is 10.8. The Labute approximate surface area is 172 Å². The van der Waals surface area contributed by atoms with Crippen LogP contribution in [0.3, 0.4) is 0 Å². The molecule has 7 nitrogen and oxygen atoms in total. The Kier molecular flexibility index (Phi) is 6.03. The highest BCUT2D eigenvalue weighted by atomic mass is 32.1. The maximum absolute atomic E-state index is 13.3. The van der Waals surface area contributed by atoms with Crippen molar-refractivity contribution in [1.82, 2.24) is 15.5 Å². The van der Waals surface area contributed by atoms with Gasteiger partial charge in [-0.25, -0.2) is 4.39 Å². The summed E-state index contributed by atoms with van der Waals surface area (Å²) in [7, 11) is 0. The van der Waals surface area contributed by atoms with Gasteiger partial charge in [0.2, 0.25) is 22.1 Å². The number of carbonyl (C=O) groups excluding carboxylic acids is 2. The number of nitrogens with one attached hydrogen (secondary N) is 1. The molecule has 2 aliphatic rings. The first-order chi connectivity index (χ1) is 14.1. The zero-order valence-corrected chi connectivity index (χ0v) is 17.0. The van der Waals surface area contributed by atoms with Crippen molar-refractivity contribution in [2.45, 2.75) is 38.6 Å². The molecule has 4 rings (SSSR count). The van der Waals surface area contributed by atoms with E-state index < -0.39 is 0 Å². The van der Waals surface area contributed by atoms with Crippen molar-refractivity contribution in [2.75, 3.05) is 29.4 Å². The third-order valence-electron chi connectivity index (χ3n) is 5.38. The molecule has 1 unspecified atom stereocenters. The quantitative estimate of drug-likeness (QED) is 0.809. The molecule has 2 saturated heterocycles. The van der Waals surface area contributed by atoms with Crippen LogP contribution in [0.1, 0.15) is 37.7 Å². The second-order valence-electron chi connectivity index (χ2n) is 7.50. The summed E-state index contributed by atoms with van der Waals surface area (Å²) in [5.74, 6) is -0.386. The molecule has 1 aromatic heterocycles. The Balaban J connectivity index is 1.35. The van der Waals surface area contributed by atoms with Crippen LogP contribution in [0.25, 0.3) is 0 Å². The lowest BCUT2D eigenvalue weighted by Crippen LogP contribution is -2.43. The fraction of sp³-hybridized carbons (Fsp3) is 0.500. The van der Waals surface area contributed by atoms with Gasteiger partial charge < -0.3 is 10.2 Å². The van der Waals surface area contributed by atoms with E-state index in [9.17, 15) is 14.0 Å². The number of aromatic nitrogens is 2. The van der Waals surface area contributed by atoms with Crippen molar-refractivity contribution < 1.29 is 14.0 Å². The molecule has 0 spiro atoms. The fourth-order valence-corrected chi connectivity index (χ4v) is 4.72. The molecule has 2 fully saturated rings. The monoisotopic (exact) mass is 417 g/mol. The van der Waals surface area contributed by atoms with Crippen LogP contribution in [-0.2, 0) is 16.1 Å². The van der Waals surface area contributed by atoms with E-state index in [1.54, 1.807) is 17.0 Å². The summed E-state index contributed by atoms with van der Waals surface area (Å²) >= 11 is 1.41. The molecule has 3 heterocycles. The molecular weight excluding hydrogens is 393 g/mol. The summed E-state index contributed by atoms with van der Waals surface area (Å²) in [5.41, 5.74) is 0.742. The second-order valence-corrected chi connectivity index (χ2v) is 8.44. The van der Waals surface area contributed by atoms with Crippen LogP contribution in [0.4, 0.5) is 14.7 Å². The van der Waals surface area contributed by atoms with E-state index in [4.69, 9.17) is 0 Å². The number of halogens is 1. The van der Waals surface area contributed by atoms with Gasteiger partial charge in [0.15, 0.2) is 0 Å². The number of piperidine rings is 2. The van der Waals surface area contributed by atoms with Crippen LogP contribution >= 0.6 is 11.3 Å². The molecule has 0 bridgehead atoms. The highest BCUT2D eigenvalue weighted by molar-refractivity contribution is 7.19. The maximum Gasteiger partial charge on any atom is 0.228 e. The van der Waals surface area contributed by atoms with E-state index in [1.165, 1.54) is 23.5 Å². The van der Waals surface area contributed by atoms with Gasteiger partial charge in [-0.15, -0.1) is 10.2 Å². The molecule has 2 aliphatic heterocycles. The van der Waals surface area contributed by atoms with E-state index in [0.717, 1.165) is 42.9 Å². The summed E-state index contributed by atoms with van der Waals surface area (Å²) in [6.45, 7) is 2.39. The topological polar surface area (TPSA) is 78.4 Å². The molecule has 1 aromatic carbocycles. The Bertz CT molecular complexity index is 889. The molecule has 9 heteroatoms. The lowest BCUT2D eigenvalue weighted by molar-refractivity contribution is -0.125. The van der Waals surface area contributed by atoms with Crippen LogP contribution in [0.5, 0.6) is 0 Å². The minimum Gasteiger partial charge on any atom is -0.352 e. The van der Waals surface area contributed by atoms with Crippen molar-refractivity contribution in [2.24, 2.45) is 5.92 Å². The molecule has 0 radical (unpaired) electrons. The van der Waals surface area contributed by atoms with Gasteiger partial charge in [-0.05, 0) is 43.4 Å². The Hall–Kier alpha value is -2.55. The van der Waals surface area contributed by atoms with E-state index >= 15 is 0 Å². The number of hydrogen-bond acceptors (Lipinski definition) is 6. The summed E-state index contributed by atoms with van der Waals surface area (Å²) < 4.78 is 13.3. The molecule has 1 N–H and O–H groups in total. The summed E-state index contributed by atoms with van der Waals surface area (Å²) in [6.07, 6.45) is 4.17. The lowest BCUT2D eigenvalue weighted by atomic mass is 9.97. The zero-order chi connectivity index (χ0) is 20.2. The van der Waals surface area contributed by atoms with Gasteiger partial charge in [0.1, 0.15) is 5.82 Å². The number of amides is 2. The molecule has 1 atom stereocenters. The van der Waals surface area contributed by atoms with Crippen LogP contribution in [-0.4, -0.2) is 41.6 Å². The number of rotatable bonds is 5. The van der Waals surface area contributed by atoms with Crippen molar-refractivity contribution >= 4 is 33.4 Å². The van der Waals surface area contributed by atoms with Crippen molar-refractivity contribution in [3.05, 3.63) is 35.6 Å². The second kappa shape index (κ2) is 8.86. The van der Waals surface area contributed by atoms with Crippen molar-refractivity contribution in [3.63, 3.8) is 0 Å². The van der Waals surface area contributed by atoms with Crippen molar-refractivity contribution in [3.8, 4) is 0 Å². The van der Waals surface area contributed by atoms with Crippen LogP contribution in [0, 0.1) is 11.7 Å². The average molecular weight is 418 g/mol. The highest BCUT2D eigenvalue weighted by Crippen LogP contribution is 2.32. The Morgan fingerprint density at radius 2 is 2.07 bits per heavy atom. The molecule has 0 saturated carbocycles. The van der Waals surface area contributed by atoms with E-state index in [0.29, 0.717) is 31.2 Å². The highest BCUT2D eigenvalue weighted by Gasteiger charge is 2.29. The van der Waals surface area contributed by atoms with E-state index in [1.807, 2.05) is 0 Å². The van der Waals surface area contributed by atoms with Crippen LogP contribution in [0.2, 0.25) is 0 Å². The number of carbonyl (C=O) groups is 2. The molecule has 2 amide bonds. The smallest absolute Gasteiger partial charge is 0.228 e. The summed E-state index contributed by atoms with van der Waals surface area (Å²) in [6, 6.07) is 6.25.